The molecule has 132 valence electrons. The summed E-state index contributed by atoms with van der Waals surface area (Å²) in [6, 6.07) is 7.60. The molecule has 3 N–H and O–H groups in total. The van der Waals surface area contributed by atoms with Gasteiger partial charge in [-0.1, -0.05) is 31.2 Å². The average molecular weight is 343 g/mol. The van der Waals surface area contributed by atoms with Crippen LogP contribution in [0.25, 0.3) is 0 Å². The van der Waals surface area contributed by atoms with E-state index in [1.807, 2.05) is 31.2 Å². The second kappa shape index (κ2) is 6.78. The maximum absolute atomic E-state index is 12.7. The van der Waals surface area contributed by atoms with Crippen molar-refractivity contribution in [2.75, 3.05) is 0 Å². The molecule has 8 nitrogen and oxygen atoms in total. The van der Waals surface area contributed by atoms with Crippen LogP contribution < -0.4 is 16.2 Å². The number of hydrazine groups is 1. The monoisotopic (exact) mass is 343 g/mol. The highest BCUT2D eigenvalue weighted by Gasteiger charge is 2.49. The van der Waals surface area contributed by atoms with E-state index in [1.54, 1.807) is 0 Å². The van der Waals surface area contributed by atoms with Crippen LogP contribution in [0.15, 0.2) is 24.3 Å². The summed E-state index contributed by atoms with van der Waals surface area (Å²) in [4.78, 5) is 23.6. The minimum absolute atomic E-state index is 0.409. The van der Waals surface area contributed by atoms with Crippen molar-refractivity contribution < 1.29 is 9.72 Å². The Morgan fingerprint density at radius 1 is 1.44 bits per heavy atom. The lowest BCUT2D eigenvalue weighted by atomic mass is 9.78. The normalized spacial score (nSPS) is 31.0. The molecule has 1 amide bonds. The molecule has 1 aliphatic carbocycles. The molecule has 1 aromatic carbocycles. The number of amides is 1. The van der Waals surface area contributed by atoms with Gasteiger partial charge in [0.25, 0.3) is 6.04 Å². The standard InChI is InChI=1S/C17H21N5O3/c1-2-13-15(22(24)25)14(21-20-13)16(23)19-17(10-18)8-7-11-5-3-4-6-12(11)9-17/h3-6,13-15,20-21H,2,7-9H2,1H3,(H,19,23). The van der Waals surface area contributed by atoms with Gasteiger partial charge in [-0.05, 0) is 30.4 Å². The molecule has 1 saturated heterocycles. The third-order valence-corrected chi connectivity index (χ3v) is 5.15. The Bertz CT molecular complexity index is 731. The minimum atomic E-state index is -1.06. The third-order valence-electron chi connectivity index (χ3n) is 5.15. The molecule has 1 aromatic rings. The number of carbonyl (C=O) groups excluding carboxylic acids is 1. The van der Waals surface area contributed by atoms with Gasteiger partial charge in [0, 0.05) is 11.3 Å². The molecular formula is C17H21N5O3. The molecule has 0 aromatic heterocycles. The molecule has 25 heavy (non-hydrogen) atoms. The van der Waals surface area contributed by atoms with Crippen LogP contribution in [0.3, 0.4) is 0 Å². The van der Waals surface area contributed by atoms with Crippen LogP contribution in [-0.4, -0.2) is 34.5 Å². The van der Waals surface area contributed by atoms with Gasteiger partial charge in [-0.3, -0.25) is 14.9 Å². The van der Waals surface area contributed by atoms with Crippen LogP contribution >= 0.6 is 0 Å². The Morgan fingerprint density at radius 3 is 2.80 bits per heavy atom. The van der Waals surface area contributed by atoms with E-state index >= 15 is 0 Å². The molecule has 1 heterocycles. The van der Waals surface area contributed by atoms with Gasteiger partial charge >= 0.3 is 0 Å². The fraction of sp³-hybridized carbons (Fsp3) is 0.529. The summed E-state index contributed by atoms with van der Waals surface area (Å²) in [7, 11) is 0. The molecule has 1 aliphatic heterocycles. The van der Waals surface area contributed by atoms with E-state index in [0.717, 1.165) is 5.56 Å². The Balaban J connectivity index is 1.78. The lowest BCUT2D eigenvalue weighted by Gasteiger charge is -2.34. The highest BCUT2D eigenvalue weighted by Crippen LogP contribution is 2.29. The van der Waals surface area contributed by atoms with Crippen molar-refractivity contribution in [3.8, 4) is 6.07 Å². The first-order valence-electron chi connectivity index (χ1n) is 8.44. The third kappa shape index (κ3) is 3.21. The van der Waals surface area contributed by atoms with Gasteiger partial charge in [-0.2, -0.15) is 5.26 Å². The van der Waals surface area contributed by atoms with Crippen molar-refractivity contribution in [1.82, 2.24) is 16.2 Å². The number of aryl methyl sites for hydroxylation is 1. The highest BCUT2D eigenvalue weighted by molar-refractivity contribution is 5.84. The van der Waals surface area contributed by atoms with Crippen LogP contribution in [0.4, 0.5) is 0 Å². The molecule has 1 fully saturated rings. The summed E-state index contributed by atoms with van der Waals surface area (Å²) >= 11 is 0. The summed E-state index contributed by atoms with van der Waals surface area (Å²) in [6.07, 6.45) is 2.12. The number of nitrogens with one attached hydrogen (secondary N) is 3. The van der Waals surface area contributed by atoms with Crippen molar-refractivity contribution in [3.05, 3.63) is 45.5 Å². The predicted octanol–water partition coefficient (Wildman–Crippen LogP) is 0.454. The van der Waals surface area contributed by atoms with E-state index in [2.05, 4.69) is 22.2 Å². The molecular weight excluding hydrogens is 322 g/mol. The molecule has 0 saturated carbocycles. The second-order valence-electron chi connectivity index (χ2n) is 6.69. The number of fused-ring (bicyclic) bond motifs is 1. The molecule has 0 spiro atoms. The average Bonchev–Trinajstić information content (AvgIpc) is 3.06. The van der Waals surface area contributed by atoms with Gasteiger partial charge in [0.15, 0.2) is 6.04 Å². The topological polar surface area (TPSA) is 120 Å². The molecule has 2 aliphatic rings. The van der Waals surface area contributed by atoms with Gasteiger partial charge in [0.05, 0.1) is 12.1 Å². The summed E-state index contributed by atoms with van der Waals surface area (Å²) in [5.74, 6) is -0.508. The molecule has 0 bridgehead atoms. The van der Waals surface area contributed by atoms with Crippen molar-refractivity contribution >= 4 is 5.91 Å². The number of nitriles is 1. The Kier molecular flexibility index (Phi) is 4.70. The van der Waals surface area contributed by atoms with Gasteiger partial charge < -0.3 is 5.32 Å². The van der Waals surface area contributed by atoms with Crippen LogP contribution in [-0.2, 0) is 17.6 Å². The van der Waals surface area contributed by atoms with Crippen molar-refractivity contribution in [1.29, 1.82) is 5.26 Å². The quantitative estimate of drug-likeness (QED) is 0.539. The van der Waals surface area contributed by atoms with Gasteiger partial charge in [-0.15, -0.1) is 0 Å². The van der Waals surface area contributed by atoms with E-state index in [4.69, 9.17) is 0 Å². The number of hydrogen-bond acceptors (Lipinski definition) is 6. The highest BCUT2D eigenvalue weighted by atomic mass is 16.6. The van der Waals surface area contributed by atoms with E-state index in [9.17, 15) is 20.2 Å². The summed E-state index contributed by atoms with van der Waals surface area (Å²) < 4.78 is 0. The van der Waals surface area contributed by atoms with Crippen LogP contribution in [0.5, 0.6) is 0 Å². The lowest BCUT2D eigenvalue weighted by Crippen LogP contribution is -2.58. The van der Waals surface area contributed by atoms with Crippen LogP contribution in [0.1, 0.15) is 30.9 Å². The fourth-order valence-electron chi connectivity index (χ4n) is 3.71. The Hall–Kier alpha value is -2.50. The maximum atomic E-state index is 12.7. The van der Waals surface area contributed by atoms with Crippen LogP contribution in [0, 0.1) is 21.4 Å². The fourth-order valence-corrected chi connectivity index (χ4v) is 3.71. The number of nitro groups is 1. The number of rotatable bonds is 4. The van der Waals surface area contributed by atoms with Crippen molar-refractivity contribution in [3.63, 3.8) is 0 Å². The number of benzene rings is 1. The van der Waals surface area contributed by atoms with Crippen molar-refractivity contribution in [2.45, 2.75) is 56.3 Å². The zero-order valence-corrected chi connectivity index (χ0v) is 14.0. The van der Waals surface area contributed by atoms with Gasteiger partial charge in [-0.25, -0.2) is 10.9 Å². The van der Waals surface area contributed by atoms with Crippen LogP contribution in [0.2, 0.25) is 0 Å². The number of carbonyl (C=O) groups is 1. The zero-order valence-electron chi connectivity index (χ0n) is 14.0. The zero-order chi connectivity index (χ0) is 18.0. The first-order valence-corrected chi connectivity index (χ1v) is 8.44. The van der Waals surface area contributed by atoms with Gasteiger partial charge in [0.2, 0.25) is 5.91 Å². The van der Waals surface area contributed by atoms with E-state index < -0.39 is 34.5 Å². The van der Waals surface area contributed by atoms with E-state index in [1.165, 1.54) is 5.56 Å². The first-order chi connectivity index (χ1) is 12.0. The molecule has 4 unspecified atom stereocenters. The van der Waals surface area contributed by atoms with Gasteiger partial charge in [0.1, 0.15) is 5.54 Å². The van der Waals surface area contributed by atoms with E-state index in [0.29, 0.717) is 25.7 Å². The molecule has 3 rings (SSSR count). The Morgan fingerprint density at radius 2 is 2.16 bits per heavy atom. The number of hydrogen-bond donors (Lipinski definition) is 3. The molecule has 4 atom stereocenters. The maximum Gasteiger partial charge on any atom is 0.254 e. The Labute approximate surface area is 145 Å². The largest absolute Gasteiger partial charge is 0.336 e. The van der Waals surface area contributed by atoms with E-state index in [-0.39, 0.29) is 0 Å². The van der Waals surface area contributed by atoms with Crippen molar-refractivity contribution in [2.24, 2.45) is 0 Å². The SMILES string of the molecule is CCC1NNC(C(=O)NC2(C#N)CCc3ccccc3C2)C1[N+](=O)[O-]. The summed E-state index contributed by atoms with van der Waals surface area (Å²) in [5.41, 5.74) is 6.72. The lowest BCUT2D eigenvalue weighted by molar-refractivity contribution is -0.523. The minimum Gasteiger partial charge on any atom is -0.336 e. The number of nitrogens with zero attached hydrogens (tertiary/aromatic N) is 2. The first kappa shape index (κ1) is 17.3. The smallest absolute Gasteiger partial charge is 0.254 e. The second-order valence-corrected chi connectivity index (χ2v) is 6.69. The molecule has 0 radical (unpaired) electrons. The summed E-state index contributed by atoms with van der Waals surface area (Å²) in [5, 5.41) is 23.9. The predicted molar refractivity (Wildman–Crippen MR) is 89.9 cm³/mol. The summed E-state index contributed by atoms with van der Waals surface area (Å²) in [6.45, 7) is 1.82. The molecule has 8 heteroatoms.